The zero-order chi connectivity index (χ0) is 33.4. The summed E-state index contributed by atoms with van der Waals surface area (Å²) in [6.07, 6.45) is 39.4. The topological polar surface area (TPSA) is 18.5 Å². The lowest BCUT2D eigenvalue weighted by atomic mass is 9.98. The first-order valence-corrected chi connectivity index (χ1v) is 16.5. The van der Waals surface area contributed by atoms with Crippen LogP contribution in [-0.2, 0) is 9.47 Å². The van der Waals surface area contributed by atoms with Crippen LogP contribution in [0.15, 0.2) is 119 Å². The Kier molecular flexibility index (Phi) is 22.2. The summed E-state index contributed by atoms with van der Waals surface area (Å²) >= 11 is 0. The molecule has 0 rings (SSSR count). The molecule has 2 nitrogen and oxygen atoms in total. The van der Waals surface area contributed by atoms with Gasteiger partial charge in [0.1, 0.15) is 0 Å². The molecule has 0 aromatic carbocycles. The van der Waals surface area contributed by atoms with Crippen molar-refractivity contribution in [2.24, 2.45) is 0 Å². The van der Waals surface area contributed by atoms with Gasteiger partial charge in [-0.1, -0.05) is 119 Å². The van der Waals surface area contributed by atoms with E-state index in [2.05, 4.69) is 154 Å². The molecule has 0 amide bonds. The molecule has 0 N–H and O–H groups in total. The second kappa shape index (κ2) is 23.7. The van der Waals surface area contributed by atoms with Gasteiger partial charge in [0, 0.05) is 14.2 Å². The predicted octanol–water partition coefficient (Wildman–Crippen LogP) is 12.9. The first-order chi connectivity index (χ1) is 20.7. The van der Waals surface area contributed by atoms with E-state index in [1.165, 1.54) is 39.9 Å². The average Bonchev–Trinajstić information content (AvgIpc) is 2.95. The van der Waals surface area contributed by atoms with E-state index in [0.717, 1.165) is 44.9 Å². The number of methoxy groups -OCH3 is 2. The van der Waals surface area contributed by atoms with Crippen molar-refractivity contribution in [1.82, 2.24) is 0 Å². The maximum Gasteiger partial charge on any atom is 0.0657 e. The van der Waals surface area contributed by atoms with Crippen LogP contribution in [0.25, 0.3) is 0 Å². The molecular formula is C42H66O2. The van der Waals surface area contributed by atoms with Crippen molar-refractivity contribution < 1.29 is 9.47 Å². The van der Waals surface area contributed by atoms with E-state index in [9.17, 15) is 0 Å². The lowest BCUT2D eigenvalue weighted by molar-refractivity contribution is 0.0140. The third-order valence-corrected chi connectivity index (χ3v) is 7.79. The minimum atomic E-state index is -0.112. The Morgan fingerprint density at radius 3 is 1.66 bits per heavy atom. The molecule has 0 fully saturated rings. The van der Waals surface area contributed by atoms with Gasteiger partial charge in [0.15, 0.2) is 0 Å². The fraction of sp³-hybridized carbons (Fsp3) is 0.524. The molecule has 0 saturated heterocycles. The van der Waals surface area contributed by atoms with E-state index in [-0.39, 0.29) is 11.2 Å². The molecular weight excluding hydrogens is 536 g/mol. The van der Waals surface area contributed by atoms with Crippen LogP contribution in [0.2, 0.25) is 0 Å². The van der Waals surface area contributed by atoms with Gasteiger partial charge in [-0.25, -0.2) is 0 Å². The Bertz CT molecular complexity index is 1120. The van der Waals surface area contributed by atoms with Crippen LogP contribution in [0.5, 0.6) is 0 Å². The van der Waals surface area contributed by atoms with Crippen LogP contribution in [-0.4, -0.2) is 25.4 Å². The quantitative estimate of drug-likeness (QED) is 0.0961. The van der Waals surface area contributed by atoms with Gasteiger partial charge in [0.25, 0.3) is 0 Å². The molecule has 0 atom stereocenters. The molecule has 44 heavy (non-hydrogen) atoms. The third-order valence-electron chi connectivity index (χ3n) is 7.79. The SMILES string of the molecule is COC(C)(C)C/C=C/C(C)=C/C=C/C(C)=C/CC/C(C)=C/C=C\C=C(C)\C=C\C=C(/C)CC/C=C(\C)CCCC(C)(C)OC. The molecule has 0 aliphatic rings. The molecule has 0 saturated carbocycles. The van der Waals surface area contributed by atoms with Gasteiger partial charge in [-0.05, 0) is 121 Å². The maximum atomic E-state index is 5.52. The average molecular weight is 603 g/mol. The second-order valence-electron chi connectivity index (χ2n) is 13.4. The molecule has 0 aliphatic heterocycles. The Labute approximate surface area is 273 Å². The van der Waals surface area contributed by atoms with Gasteiger partial charge in [-0.3, -0.25) is 0 Å². The highest BCUT2D eigenvalue weighted by Gasteiger charge is 2.15. The fourth-order valence-electron chi connectivity index (χ4n) is 4.17. The van der Waals surface area contributed by atoms with Crippen molar-refractivity contribution in [3.63, 3.8) is 0 Å². The highest BCUT2D eigenvalue weighted by atomic mass is 16.5. The molecule has 0 heterocycles. The number of rotatable bonds is 21. The number of hydrogen-bond acceptors (Lipinski definition) is 2. The van der Waals surface area contributed by atoms with Gasteiger partial charge in [-0.2, -0.15) is 0 Å². The van der Waals surface area contributed by atoms with Crippen molar-refractivity contribution >= 4 is 0 Å². The fourth-order valence-corrected chi connectivity index (χ4v) is 4.17. The molecule has 0 aliphatic carbocycles. The molecule has 0 radical (unpaired) electrons. The first kappa shape index (κ1) is 41.3. The summed E-state index contributed by atoms with van der Waals surface area (Å²) < 4.78 is 11.0. The van der Waals surface area contributed by atoms with Gasteiger partial charge < -0.3 is 9.47 Å². The molecule has 0 unspecified atom stereocenters. The zero-order valence-corrected chi connectivity index (χ0v) is 30.6. The summed E-state index contributed by atoms with van der Waals surface area (Å²) in [5, 5.41) is 0. The monoisotopic (exact) mass is 603 g/mol. The Morgan fingerprint density at radius 2 is 1.02 bits per heavy atom. The second-order valence-corrected chi connectivity index (χ2v) is 13.4. The van der Waals surface area contributed by atoms with Gasteiger partial charge in [0.05, 0.1) is 11.2 Å². The van der Waals surface area contributed by atoms with Crippen molar-refractivity contribution in [3.05, 3.63) is 119 Å². The smallest absolute Gasteiger partial charge is 0.0657 e. The summed E-state index contributed by atoms with van der Waals surface area (Å²) in [6.45, 7) is 21.6. The van der Waals surface area contributed by atoms with Gasteiger partial charge >= 0.3 is 0 Å². The highest BCUT2D eigenvalue weighted by Crippen LogP contribution is 2.19. The van der Waals surface area contributed by atoms with E-state index in [0.29, 0.717) is 0 Å². The van der Waals surface area contributed by atoms with Crippen LogP contribution >= 0.6 is 0 Å². The van der Waals surface area contributed by atoms with Crippen LogP contribution < -0.4 is 0 Å². The summed E-state index contributed by atoms with van der Waals surface area (Å²) in [7, 11) is 3.56. The lowest BCUT2D eigenvalue weighted by Gasteiger charge is -2.22. The molecule has 0 bridgehead atoms. The van der Waals surface area contributed by atoms with Crippen molar-refractivity contribution in [1.29, 1.82) is 0 Å². The molecule has 0 aromatic rings. The van der Waals surface area contributed by atoms with E-state index in [1.54, 1.807) is 14.2 Å². The summed E-state index contributed by atoms with van der Waals surface area (Å²) in [5.41, 5.74) is 7.93. The van der Waals surface area contributed by atoms with Crippen LogP contribution in [0.3, 0.4) is 0 Å². The number of allylic oxidation sites excluding steroid dienone is 19. The van der Waals surface area contributed by atoms with Crippen molar-refractivity contribution in [2.75, 3.05) is 14.2 Å². The summed E-state index contributed by atoms with van der Waals surface area (Å²) in [5.74, 6) is 0. The van der Waals surface area contributed by atoms with E-state index >= 15 is 0 Å². The number of ether oxygens (including phenoxy) is 2. The van der Waals surface area contributed by atoms with E-state index < -0.39 is 0 Å². The van der Waals surface area contributed by atoms with E-state index in [1.807, 2.05) is 0 Å². The molecule has 0 aromatic heterocycles. The molecule has 0 spiro atoms. The third kappa shape index (κ3) is 24.7. The minimum absolute atomic E-state index is 0.0157. The zero-order valence-electron chi connectivity index (χ0n) is 30.6. The normalized spacial score (nSPS) is 15.7. The Hall–Kier alpha value is -2.68. The Balaban J connectivity index is 4.52. The van der Waals surface area contributed by atoms with Gasteiger partial charge in [0.2, 0.25) is 0 Å². The van der Waals surface area contributed by atoms with Crippen molar-refractivity contribution in [3.8, 4) is 0 Å². The maximum absolute atomic E-state index is 5.52. The molecule has 2 heteroatoms. The van der Waals surface area contributed by atoms with Crippen LogP contribution in [0.1, 0.15) is 121 Å². The van der Waals surface area contributed by atoms with E-state index in [4.69, 9.17) is 9.47 Å². The highest BCUT2D eigenvalue weighted by molar-refractivity contribution is 5.28. The summed E-state index contributed by atoms with van der Waals surface area (Å²) in [6, 6.07) is 0. The van der Waals surface area contributed by atoms with Crippen molar-refractivity contribution in [2.45, 2.75) is 132 Å². The standard InChI is InChI=1S/C42H66O2/c1-35(23-15-25-37(3)27-17-29-39(5)31-19-33-41(7,8)43-11)21-13-14-22-36(2)24-16-26-38(4)28-18-30-40(6)32-20-34-42(9,10)44-12/h13-15,18,20-23,25-26,28-30,32H,16-17,19,24,27,31,33-34H2,1-12H3/b14-13-,23-15+,28-18+,32-20+,35-21+,36-22+,37-25+,38-26+,39-29+,40-30+. The first-order valence-electron chi connectivity index (χ1n) is 16.5. The minimum Gasteiger partial charge on any atom is -0.379 e. The predicted molar refractivity (Wildman–Crippen MR) is 198 cm³/mol. The Morgan fingerprint density at radius 1 is 0.523 bits per heavy atom. The van der Waals surface area contributed by atoms with Crippen LogP contribution in [0.4, 0.5) is 0 Å². The van der Waals surface area contributed by atoms with Crippen LogP contribution in [0, 0.1) is 0 Å². The largest absolute Gasteiger partial charge is 0.379 e. The van der Waals surface area contributed by atoms with Gasteiger partial charge in [-0.15, -0.1) is 0 Å². The number of hydrogen-bond donors (Lipinski definition) is 0. The molecule has 246 valence electrons. The lowest BCUT2D eigenvalue weighted by Crippen LogP contribution is -2.21. The summed E-state index contributed by atoms with van der Waals surface area (Å²) in [4.78, 5) is 0.